The maximum absolute atomic E-state index is 12.9. The van der Waals surface area contributed by atoms with Gasteiger partial charge in [-0.3, -0.25) is 9.48 Å². The molecule has 1 aliphatic heterocycles. The van der Waals surface area contributed by atoms with Crippen LogP contribution in [0.1, 0.15) is 35.4 Å². The molecule has 146 valence electrons. The minimum absolute atomic E-state index is 0.171. The fraction of sp³-hybridized carbons (Fsp3) is 0.350. The molecule has 1 unspecified atom stereocenters. The van der Waals surface area contributed by atoms with E-state index in [4.69, 9.17) is 20.9 Å². The maximum atomic E-state index is 12.9. The van der Waals surface area contributed by atoms with Crippen molar-refractivity contribution in [3.63, 3.8) is 0 Å². The third kappa shape index (κ3) is 3.95. The van der Waals surface area contributed by atoms with Crippen LogP contribution in [0.3, 0.4) is 0 Å². The lowest BCUT2D eigenvalue weighted by Crippen LogP contribution is -2.24. The first-order valence-corrected chi connectivity index (χ1v) is 9.66. The van der Waals surface area contributed by atoms with Gasteiger partial charge in [-0.15, -0.1) is 0 Å². The highest BCUT2D eigenvalue weighted by atomic mass is 35.5. The van der Waals surface area contributed by atoms with Crippen molar-refractivity contribution in [2.75, 3.05) is 11.9 Å². The number of nitrogens with zero attached hydrogens (tertiary/aromatic N) is 3. The standard InChI is InChI=1S/C20H21ClN4O3/c1-13-18(19(24-28-13)16-7-2-3-8-17(16)21)20(26)23-14-10-22-25(11-14)12-15-6-4-5-9-27-15/h2-3,7-8,10-11,15H,4-6,9,12H2,1H3,(H,23,26). The molecule has 1 aliphatic rings. The third-order valence-electron chi connectivity index (χ3n) is 4.77. The summed E-state index contributed by atoms with van der Waals surface area (Å²) >= 11 is 6.26. The molecular weight excluding hydrogens is 380 g/mol. The second kappa shape index (κ2) is 8.16. The van der Waals surface area contributed by atoms with Crippen molar-refractivity contribution in [3.8, 4) is 11.3 Å². The monoisotopic (exact) mass is 400 g/mol. The lowest BCUT2D eigenvalue weighted by molar-refractivity contribution is 0.00400. The third-order valence-corrected chi connectivity index (χ3v) is 5.10. The molecule has 0 radical (unpaired) electrons. The molecule has 1 atom stereocenters. The number of nitrogens with one attached hydrogen (secondary N) is 1. The summed E-state index contributed by atoms with van der Waals surface area (Å²) < 4.78 is 12.8. The van der Waals surface area contributed by atoms with Crippen LogP contribution in [-0.2, 0) is 11.3 Å². The van der Waals surface area contributed by atoms with Gasteiger partial charge in [-0.05, 0) is 32.3 Å². The lowest BCUT2D eigenvalue weighted by atomic mass is 10.1. The Balaban J connectivity index is 1.50. The molecule has 1 amide bonds. The molecule has 1 N–H and O–H groups in total. The van der Waals surface area contributed by atoms with Crippen LogP contribution in [0, 0.1) is 6.92 Å². The molecule has 0 bridgehead atoms. The Morgan fingerprint density at radius 3 is 3.00 bits per heavy atom. The minimum atomic E-state index is -0.317. The van der Waals surface area contributed by atoms with Crippen LogP contribution >= 0.6 is 11.6 Å². The second-order valence-corrected chi connectivity index (χ2v) is 7.24. The van der Waals surface area contributed by atoms with E-state index in [9.17, 15) is 4.79 Å². The number of ether oxygens (including phenoxy) is 1. The number of benzene rings is 1. The molecule has 1 saturated heterocycles. The van der Waals surface area contributed by atoms with E-state index in [0.29, 0.717) is 39.8 Å². The molecule has 2 aromatic heterocycles. The molecule has 3 heterocycles. The van der Waals surface area contributed by atoms with Crippen LogP contribution in [0.2, 0.25) is 5.02 Å². The molecule has 28 heavy (non-hydrogen) atoms. The first-order valence-electron chi connectivity index (χ1n) is 9.28. The summed E-state index contributed by atoms with van der Waals surface area (Å²) in [5.41, 5.74) is 2.03. The number of hydrogen-bond donors (Lipinski definition) is 1. The van der Waals surface area contributed by atoms with Crippen molar-refractivity contribution in [3.05, 3.63) is 53.0 Å². The topological polar surface area (TPSA) is 82.2 Å². The fourth-order valence-electron chi connectivity index (χ4n) is 3.36. The average molecular weight is 401 g/mol. The van der Waals surface area contributed by atoms with E-state index in [2.05, 4.69) is 15.6 Å². The van der Waals surface area contributed by atoms with Crippen LogP contribution in [0.5, 0.6) is 0 Å². The number of hydrogen-bond acceptors (Lipinski definition) is 5. The van der Waals surface area contributed by atoms with E-state index < -0.39 is 0 Å². The summed E-state index contributed by atoms with van der Waals surface area (Å²) in [6, 6.07) is 7.21. The number of carbonyl (C=O) groups excluding carboxylic acids is 1. The van der Waals surface area contributed by atoms with Gasteiger partial charge in [0, 0.05) is 18.4 Å². The highest BCUT2D eigenvalue weighted by Crippen LogP contribution is 2.31. The van der Waals surface area contributed by atoms with Gasteiger partial charge in [-0.1, -0.05) is 35.0 Å². The van der Waals surface area contributed by atoms with Gasteiger partial charge in [0.25, 0.3) is 5.91 Å². The summed E-state index contributed by atoms with van der Waals surface area (Å²) in [7, 11) is 0. The zero-order chi connectivity index (χ0) is 19.5. The van der Waals surface area contributed by atoms with Gasteiger partial charge < -0.3 is 14.6 Å². The SMILES string of the molecule is Cc1onc(-c2ccccc2Cl)c1C(=O)Nc1cnn(CC2CCCCO2)c1. The number of rotatable bonds is 5. The summed E-state index contributed by atoms with van der Waals surface area (Å²) in [6.45, 7) is 3.17. The molecule has 4 rings (SSSR count). The number of aromatic nitrogens is 3. The van der Waals surface area contributed by atoms with Crippen molar-refractivity contribution >= 4 is 23.2 Å². The van der Waals surface area contributed by atoms with Gasteiger partial charge in [0.1, 0.15) is 17.0 Å². The Bertz CT molecular complexity index is 975. The number of amides is 1. The van der Waals surface area contributed by atoms with Gasteiger partial charge >= 0.3 is 0 Å². The smallest absolute Gasteiger partial charge is 0.261 e. The van der Waals surface area contributed by atoms with Crippen molar-refractivity contribution in [2.24, 2.45) is 0 Å². The van der Waals surface area contributed by atoms with Crippen LogP contribution in [-0.4, -0.2) is 33.6 Å². The quantitative estimate of drug-likeness (QED) is 0.689. The van der Waals surface area contributed by atoms with Gasteiger partial charge in [0.2, 0.25) is 0 Å². The second-order valence-electron chi connectivity index (χ2n) is 6.84. The molecule has 0 saturated carbocycles. The number of halogens is 1. The minimum Gasteiger partial charge on any atom is -0.376 e. The predicted molar refractivity (Wildman–Crippen MR) is 105 cm³/mol. The number of anilines is 1. The molecule has 1 aromatic carbocycles. The Kier molecular flexibility index (Phi) is 5.45. The molecule has 0 aliphatic carbocycles. The fourth-order valence-corrected chi connectivity index (χ4v) is 3.58. The molecule has 1 fully saturated rings. The highest BCUT2D eigenvalue weighted by molar-refractivity contribution is 6.33. The molecular formula is C20H21ClN4O3. The Hall–Kier alpha value is -2.64. The van der Waals surface area contributed by atoms with Crippen molar-refractivity contribution in [1.29, 1.82) is 0 Å². The zero-order valence-electron chi connectivity index (χ0n) is 15.5. The highest BCUT2D eigenvalue weighted by Gasteiger charge is 2.23. The summed E-state index contributed by atoms with van der Waals surface area (Å²) in [5.74, 6) is 0.109. The van der Waals surface area contributed by atoms with Gasteiger partial charge in [0.15, 0.2) is 0 Å². The van der Waals surface area contributed by atoms with E-state index in [1.807, 2.05) is 12.1 Å². The van der Waals surface area contributed by atoms with Gasteiger partial charge in [-0.25, -0.2) is 0 Å². The van der Waals surface area contributed by atoms with E-state index in [1.165, 1.54) is 6.42 Å². The number of carbonyl (C=O) groups is 1. The summed E-state index contributed by atoms with van der Waals surface area (Å²) in [6.07, 6.45) is 6.91. The van der Waals surface area contributed by atoms with Crippen molar-refractivity contribution in [2.45, 2.75) is 38.8 Å². The number of aryl methyl sites for hydroxylation is 1. The van der Waals surface area contributed by atoms with E-state index in [0.717, 1.165) is 19.4 Å². The van der Waals surface area contributed by atoms with Crippen LogP contribution in [0.25, 0.3) is 11.3 Å². The Labute approximate surface area is 167 Å². The summed E-state index contributed by atoms with van der Waals surface area (Å²) in [5, 5.41) is 11.7. The van der Waals surface area contributed by atoms with E-state index in [1.54, 1.807) is 36.1 Å². The van der Waals surface area contributed by atoms with Crippen LogP contribution in [0.4, 0.5) is 5.69 Å². The largest absolute Gasteiger partial charge is 0.376 e. The van der Waals surface area contributed by atoms with Crippen LogP contribution < -0.4 is 5.32 Å². The molecule has 7 nitrogen and oxygen atoms in total. The Morgan fingerprint density at radius 2 is 2.21 bits per heavy atom. The Morgan fingerprint density at radius 1 is 1.36 bits per heavy atom. The molecule has 0 spiro atoms. The first-order chi connectivity index (χ1) is 13.6. The van der Waals surface area contributed by atoms with Gasteiger partial charge in [0.05, 0.1) is 29.6 Å². The first kappa shape index (κ1) is 18.7. The van der Waals surface area contributed by atoms with Crippen LogP contribution in [0.15, 0.2) is 41.2 Å². The van der Waals surface area contributed by atoms with Crippen molar-refractivity contribution < 1.29 is 14.1 Å². The van der Waals surface area contributed by atoms with E-state index >= 15 is 0 Å². The van der Waals surface area contributed by atoms with Crippen molar-refractivity contribution in [1.82, 2.24) is 14.9 Å². The lowest BCUT2D eigenvalue weighted by Gasteiger charge is -2.22. The van der Waals surface area contributed by atoms with E-state index in [-0.39, 0.29) is 12.0 Å². The molecule has 8 heteroatoms. The predicted octanol–water partition coefficient (Wildman–Crippen LogP) is 4.32. The molecule has 3 aromatic rings. The average Bonchev–Trinajstić information content (AvgIpc) is 3.29. The normalized spacial score (nSPS) is 16.9. The van der Waals surface area contributed by atoms with Gasteiger partial charge in [-0.2, -0.15) is 5.10 Å². The maximum Gasteiger partial charge on any atom is 0.261 e. The zero-order valence-corrected chi connectivity index (χ0v) is 16.3. The summed E-state index contributed by atoms with van der Waals surface area (Å²) in [4.78, 5) is 12.9.